The molecule has 4 rings (SSSR count). The Labute approximate surface area is 155 Å². The molecular weight excluding hydrogens is 320 g/mol. The van der Waals surface area contributed by atoms with Crippen molar-refractivity contribution in [3.8, 4) is 0 Å². The molecule has 1 saturated heterocycles. The standard InChI is InChI=1S/C24H24O2/c1-24(25)17-21(18-11-5-2-6-12-18)26-23(20-15-9-4-10-16-20)22(24)19-13-7-3-8-14-19/h2-16,21-23,25H,17H2,1H3/t21-,22-,23-,24+/m0/s1. The van der Waals surface area contributed by atoms with Crippen molar-refractivity contribution in [2.75, 3.05) is 0 Å². The van der Waals surface area contributed by atoms with Crippen molar-refractivity contribution < 1.29 is 9.84 Å². The summed E-state index contributed by atoms with van der Waals surface area (Å²) in [5, 5.41) is 11.5. The first kappa shape index (κ1) is 17.0. The fourth-order valence-corrected chi connectivity index (χ4v) is 4.10. The minimum Gasteiger partial charge on any atom is -0.389 e. The summed E-state index contributed by atoms with van der Waals surface area (Å²) in [4.78, 5) is 0. The van der Waals surface area contributed by atoms with Crippen LogP contribution in [0.4, 0.5) is 0 Å². The van der Waals surface area contributed by atoms with E-state index in [0.717, 1.165) is 16.7 Å². The zero-order valence-corrected chi connectivity index (χ0v) is 15.0. The van der Waals surface area contributed by atoms with Gasteiger partial charge >= 0.3 is 0 Å². The highest BCUT2D eigenvalue weighted by atomic mass is 16.5. The zero-order chi connectivity index (χ0) is 18.0. The molecule has 132 valence electrons. The molecule has 0 spiro atoms. The van der Waals surface area contributed by atoms with E-state index in [0.29, 0.717) is 6.42 Å². The van der Waals surface area contributed by atoms with E-state index >= 15 is 0 Å². The van der Waals surface area contributed by atoms with Crippen molar-refractivity contribution in [3.05, 3.63) is 108 Å². The maximum atomic E-state index is 11.5. The van der Waals surface area contributed by atoms with Crippen LogP contribution in [-0.4, -0.2) is 10.7 Å². The third kappa shape index (κ3) is 3.31. The van der Waals surface area contributed by atoms with Gasteiger partial charge in [-0.05, 0) is 23.6 Å². The van der Waals surface area contributed by atoms with Crippen molar-refractivity contribution >= 4 is 0 Å². The second-order valence-electron chi connectivity index (χ2n) is 7.32. The minimum atomic E-state index is -0.874. The molecule has 1 aliphatic heterocycles. The number of hydrogen-bond donors (Lipinski definition) is 1. The Kier molecular flexibility index (Phi) is 4.62. The van der Waals surface area contributed by atoms with Gasteiger partial charge in [0.25, 0.3) is 0 Å². The summed E-state index contributed by atoms with van der Waals surface area (Å²) in [5.41, 5.74) is 2.45. The lowest BCUT2D eigenvalue weighted by molar-refractivity contribution is -0.158. The highest BCUT2D eigenvalue weighted by Gasteiger charge is 2.47. The summed E-state index contributed by atoms with van der Waals surface area (Å²) in [5.74, 6) is -0.119. The molecule has 1 fully saturated rings. The molecule has 0 bridgehead atoms. The van der Waals surface area contributed by atoms with Gasteiger partial charge in [0.15, 0.2) is 0 Å². The van der Waals surface area contributed by atoms with Crippen LogP contribution in [0.15, 0.2) is 91.0 Å². The highest BCUT2D eigenvalue weighted by Crippen LogP contribution is 2.52. The van der Waals surface area contributed by atoms with Crippen LogP contribution < -0.4 is 0 Å². The average Bonchev–Trinajstić information content (AvgIpc) is 2.69. The van der Waals surface area contributed by atoms with Gasteiger partial charge in [0.1, 0.15) is 0 Å². The van der Waals surface area contributed by atoms with Gasteiger partial charge in [0.2, 0.25) is 0 Å². The summed E-state index contributed by atoms with van der Waals surface area (Å²) in [6, 6.07) is 30.7. The van der Waals surface area contributed by atoms with Crippen LogP contribution in [0, 0.1) is 0 Å². The summed E-state index contributed by atoms with van der Waals surface area (Å²) in [6.45, 7) is 1.94. The molecule has 26 heavy (non-hydrogen) atoms. The van der Waals surface area contributed by atoms with Crippen molar-refractivity contribution in [1.29, 1.82) is 0 Å². The topological polar surface area (TPSA) is 29.5 Å². The van der Waals surface area contributed by atoms with E-state index in [4.69, 9.17) is 4.74 Å². The molecule has 3 aromatic carbocycles. The second kappa shape index (κ2) is 7.06. The largest absolute Gasteiger partial charge is 0.389 e. The van der Waals surface area contributed by atoms with E-state index in [9.17, 15) is 5.11 Å². The van der Waals surface area contributed by atoms with Gasteiger partial charge in [-0.1, -0.05) is 91.0 Å². The van der Waals surface area contributed by atoms with E-state index in [1.54, 1.807) is 0 Å². The minimum absolute atomic E-state index is 0.119. The molecule has 0 amide bonds. The quantitative estimate of drug-likeness (QED) is 0.687. The van der Waals surface area contributed by atoms with Crippen LogP contribution in [0.5, 0.6) is 0 Å². The Morgan fingerprint density at radius 1 is 0.731 bits per heavy atom. The van der Waals surface area contributed by atoms with Crippen molar-refractivity contribution in [2.24, 2.45) is 0 Å². The Hall–Kier alpha value is -2.42. The van der Waals surface area contributed by atoms with Gasteiger partial charge in [-0.2, -0.15) is 0 Å². The smallest absolute Gasteiger partial charge is 0.0929 e. The van der Waals surface area contributed by atoms with Crippen LogP contribution in [0.2, 0.25) is 0 Å². The Morgan fingerprint density at radius 3 is 1.73 bits per heavy atom. The normalized spacial score (nSPS) is 28.6. The van der Waals surface area contributed by atoms with E-state index in [1.165, 1.54) is 0 Å². The van der Waals surface area contributed by atoms with Gasteiger partial charge in [-0.3, -0.25) is 0 Å². The third-order valence-electron chi connectivity index (χ3n) is 5.34. The molecule has 0 unspecified atom stereocenters. The molecule has 0 aromatic heterocycles. The number of aliphatic hydroxyl groups is 1. The highest BCUT2D eigenvalue weighted by molar-refractivity contribution is 5.32. The predicted octanol–water partition coefficient (Wildman–Crippen LogP) is 5.42. The number of benzene rings is 3. The van der Waals surface area contributed by atoms with Gasteiger partial charge < -0.3 is 9.84 Å². The molecule has 2 heteroatoms. The number of rotatable bonds is 3. The Balaban J connectivity index is 1.78. The average molecular weight is 344 g/mol. The van der Waals surface area contributed by atoms with E-state index in [-0.39, 0.29) is 18.1 Å². The van der Waals surface area contributed by atoms with Gasteiger partial charge in [0, 0.05) is 12.3 Å². The molecule has 1 heterocycles. The van der Waals surface area contributed by atoms with Crippen LogP contribution in [0.1, 0.15) is 48.2 Å². The van der Waals surface area contributed by atoms with Crippen LogP contribution in [0.25, 0.3) is 0 Å². The monoisotopic (exact) mass is 344 g/mol. The number of ether oxygens (including phenoxy) is 1. The lowest BCUT2D eigenvalue weighted by atomic mass is 9.72. The predicted molar refractivity (Wildman–Crippen MR) is 104 cm³/mol. The van der Waals surface area contributed by atoms with Crippen LogP contribution in [0.3, 0.4) is 0 Å². The molecule has 0 radical (unpaired) electrons. The first-order valence-corrected chi connectivity index (χ1v) is 9.18. The summed E-state index contributed by atoms with van der Waals surface area (Å²) >= 11 is 0. The van der Waals surface area contributed by atoms with E-state index in [2.05, 4.69) is 36.4 Å². The molecular formula is C24H24O2. The molecule has 0 saturated carbocycles. The maximum absolute atomic E-state index is 11.5. The third-order valence-corrected chi connectivity index (χ3v) is 5.34. The lowest BCUT2D eigenvalue weighted by Crippen LogP contribution is -2.44. The van der Waals surface area contributed by atoms with Gasteiger partial charge in [0.05, 0.1) is 17.8 Å². The summed E-state index contributed by atoms with van der Waals surface area (Å²) < 4.78 is 6.60. The van der Waals surface area contributed by atoms with Crippen molar-refractivity contribution in [2.45, 2.75) is 37.1 Å². The molecule has 4 atom stereocenters. The zero-order valence-electron chi connectivity index (χ0n) is 15.0. The van der Waals surface area contributed by atoms with Crippen LogP contribution in [-0.2, 0) is 4.74 Å². The second-order valence-corrected chi connectivity index (χ2v) is 7.32. The maximum Gasteiger partial charge on any atom is 0.0929 e. The molecule has 1 aliphatic rings. The fraction of sp³-hybridized carbons (Fsp3) is 0.250. The van der Waals surface area contributed by atoms with Gasteiger partial charge in [-0.15, -0.1) is 0 Å². The van der Waals surface area contributed by atoms with Crippen molar-refractivity contribution in [1.82, 2.24) is 0 Å². The van der Waals surface area contributed by atoms with Crippen molar-refractivity contribution in [3.63, 3.8) is 0 Å². The summed E-state index contributed by atoms with van der Waals surface area (Å²) in [6.07, 6.45) is 0.240. The molecule has 3 aromatic rings. The van der Waals surface area contributed by atoms with E-state index < -0.39 is 5.60 Å². The Bertz CT molecular complexity index is 828. The lowest BCUT2D eigenvalue weighted by Gasteiger charge is -2.46. The first-order chi connectivity index (χ1) is 12.6. The van der Waals surface area contributed by atoms with E-state index in [1.807, 2.05) is 61.5 Å². The molecule has 1 N–H and O–H groups in total. The molecule has 2 nitrogen and oxygen atoms in total. The molecule has 0 aliphatic carbocycles. The Morgan fingerprint density at radius 2 is 1.19 bits per heavy atom. The SMILES string of the molecule is C[C@@]1(O)C[C@@H](c2ccccc2)O[C@@H](c2ccccc2)[C@@H]1c1ccccc1. The van der Waals surface area contributed by atoms with Gasteiger partial charge in [-0.25, -0.2) is 0 Å². The van der Waals surface area contributed by atoms with Crippen LogP contribution >= 0.6 is 0 Å². The fourth-order valence-electron chi connectivity index (χ4n) is 4.10. The number of hydrogen-bond acceptors (Lipinski definition) is 2. The first-order valence-electron chi connectivity index (χ1n) is 9.18. The summed E-state index contributed by atoms with van der Waals surface area (Å²) in [7, 11) is 0.